The van der Waals surface area contributed by atoms with Crippen molar-refractivity contribution in [1.29, 1.82) is 0 Å². The fourth-order valence-electron chi connectivity index (χ4n) is 2.84. The van der Waals surface area contributed by atoms with Crippen LogP contribution in [0.5, 0.6) is 0 Å². The molecule has 0 aliphatic carbocycles. The molecule has 1 atom stereocenters. The molecule has 4 nitrogen and oxygen atoms in total. The summed E-state index contributed by atoms with van der Waals surface area (Å²) < 4.78 is 0. The number of carbonyl (C=O) groups is 2. The topological polar surface area (TPSA) is 40.6 Å². The van der Waals surface area contributed by atoms with Gasteiger partial charge in [-0.25, -0.2) is 0 Å². The second-order valence-electron chi connectivity index (χ2n) is 6.48. The molecule has 4 heteroatoms. The summed E-state index contributed by atoms with van der Waals surface area (Å²) >= 11 is 0. The van der Waals surface area contributed by atoms with E-state index >= 15 is 0 Å². The van der Waals surface area contributed by atoms with Crippen LogP contribution in [-0.2, 0) is 9.59 Å². The van der Waals surface area contributed by atoms with Crippen LogP contribution in [0.3, 0.4) is 0 Å². The Morgan fingerprint density at radius 1 is 0.773 bits per heavy atom. The van der Waals surface area contributed by atoms with Gasteiger partial charge in [-0.15, -0.1) is 0 Å². The van der Waals surface area contributed by atoms with E-state index < -0.39 is 0 Å². The fraction of sp³-hybridized carbons (Fsp3) is 0.889. The first-order chi connectivity index (χ1) is 10.4. The molecule has 0 heterocycles. The molecule has 22 heavy (non-hydrogen) atoms. The van der Waals surface area contributed by atoms with Crippen LogP contribution in [0.1, 0.15) is 66.2 Å². The molecular weight excluding hydrogens is 276 g/mol. The van der Waals surface area contributed by atoms with Gasteiger partial charge in [0.2, 0.25) is 11.8 Å². The minimum Gasteiger partial charge on any atom is -0.346 e. The maximum atomic E-state index is 12.5. The minimum atomic E-state index is -0.0254. The fourth-order valence-corrected chi connectivity index (χ4v) is 2.84. The summed E-state index contributed by atoms with van der Waals surface area (Å²) in [6.45, 7) is 9.74. The predicted octanol–water partition coefficient (Wildman–Crippen LogP) is 3.56. The minimum absolute atomic E-state index is 0.0254. The van der Waals surface area contributed by atoms with Crippen molar-refractivity contribution in [2.75, 3.05) is 27.2 Å². The van der Waals surface area contributed by atoms with Crippen molar-refractivity contribution in [3.05, 3.63) is 0 Å². The lowest BCUT2D eigenvalue weighted by atomic mass is 9.96. The van der Waals surface area contributed by atoms with E-state index in [-0.39, 0.29) is 23.7 Å². The molecule has 0 aliphatic rings. The number of nitrogens with zero attached hydrogens (tertiary/aromatic N) is 2. The Hall–Kier alpha value is -1.06. The third-order valence-electron chi connectivity index (χ3n) is 4.25. The van der Waals surface area contributed by atoms with Crippen LogP contribution in [0.2, 0.25) is 0 Å². The van der Waals surface area contributed by atoms with Crippen molar-refractivity contribution in [2.45, 2.75) is 66.2 Å². The Balaban J connectivity index is 4.37. The van der Waals surface area contributed by atoms with Gasteiger partial charge in [-0.2, -0.15) is 0 Å². The van der Waals surface area contributed by atoms with E-state index in [1.54, 1.807) is 4.90 Å². The standard InChI is InChI=1S/C18H36N2O2/c1-7-10-16(11-8-2)18(22)20(6)14-12-15(4)17(21)19(5)13-9-3/h15-16H,7-14H2,1-6H3. The SMILES string of the molecule is CCCC(CCC)C(=O)N(C)CCC(C)C(=O)N(C)CCC. The number of carbonyl (C=O) groups excluding carboxylic acids is 2. The number of hydrogen-bond donors (Lipinski definition) is 0. The molecule has 0 fully saturated rings. The number of amides is 2. The van der Waals surface area contributed by atoms with Crippen molar-refractivity contribution in [3.63, 3.8) is 0 Å². The summed E-state index contributed by atoms with van der Waals surface area (Å²) in [7, 11) is 3.73. The molecule has 0 aromatic heterocycles. The zero-order chi connectivity index (χ0) is 17.1. The molecule has 0 aromatic rings. The van der Waals surface area contributed by atoms with Gasteiger partial charge in [-0.3, -0.25) is 9.59 Å². The predicted molar refractivity (Wildman–Crippen MR) is 92.7 cm³/mol. The lowest BCUT2D eigenvalue weighted by molar-refractivity contribution is -0.137. The second-order valence-corrected chi connectivity index (χ2v) is 6.48. The highest BCUT2D eigenvalue weighted by molar-refractivity contribution is 5.79. The van der Waals surface area contributed by atoms with Gasteiger partial charge in [0.15, 0.2) is 0 Å². The van der Waals surface area contributed by atoms with Crippen molar-refractivity contribution in [2.24, 2.45) is 11.8 Å². The monoisotopic (exact) mass is 312 g/mol. The Bertz CT molecular complexity index is 325. The maximum Gasteiger partial charge on any atom is 0.225 e. The molecule has 2 amide bonds. The summed E-state index contributed by atoms with van der Waals surface area (Å²) in [5.74, 6) is 0.544. The average Bonchev–Trinajstić information content (AvgIpc) is 2.50. The van der Waals surface area contributed by atoms with E-state index in [1.165, 1.54) is 0 Å². The van der Waals surface area contributed by atoms with Crippen LogP contribution >= 0.6 is 0 Å². The lowest BCUT2D eigenvalue weighted by Gasteiger charge is -2.26. The van der Waals surface area contributed by atoms with Gasteiger partial charge in [-0.05, 0) is 25.7 Å². The van der Waals surface area contributed by atoms with Crippen LogP contribution in [0.15, 0.2) is 0 Å². The third kappa shape index (κ3) is 7.28. The maximum absolute atomic E-state index is 12.5. The zero-order valence-corrected chi connectivity index (χ0v) is 15.5. The van der Waals surface area contributed by atoms with Gasteiger partial charge in [0.05, 0.1) is 0 Å². The molecule has 1 unspecified atom stereocenters. The summed E-state index contributed by atoms with van der Waals surface area (Å²) in [6.07, 6.45) is 5.72. The summed E-state index contributed by atoms with van der Waals surface area (Å²) in [5.41, 5.74) is 0. The zero-order valence-electron chi connectivity index (χ0n) is 15.5. The second kappa shape index (κ2) is 11.5. The van der Waals surface area contributed by atoms with E-state index in [9.17, 15) is 9.59 Å². The van der Waals surface area contributed by atoms with E-state index in [4.69, 9.17) is 0 Å². The van der Waals surface area contributed by atoms with E-state index in [1.807, 2.05) is 25.9 Å². The van der Waals surface area contributed by atoms with Crippen LogP contribution in [-0.4, -0.2) is 48.8 Å². The molecule has 0 saturated carbocycles. The molecule has 130 valence electrons. The first-order valence-electron chi connectivity index (χ1n) is 8.88. The van der Waals surface area contributed by atoms with Crippen molar-refractivity contribution >= 4 is 11.8 Å². The van der Waals surface area contributed by atoms with Gasteiger partial charge in [0.1, 0.15) is 0 Å². The highest BCUT2D eigenvalue weighted by Gasteiger charge is 2.22. The van der Waals surface area contributed by atoms with E-state index in [0.717, 1.165) is 45.1 Å². The smallest absolute Gasteiger partial charge is 0.225 e. The molecular formula is C18H36N2O2. The quantitative estimate of drug-likeness (QED) is 0.585. The van der Waals surface area contributed by atoms with E-state index in [0.29, 0.717) is 6.54 Å². The lowest BCUT2D eigenvalue weighted by Crippen LogP contribution is -2.37. The molecule has 0 aliphatic heterocycles. The summed E-state index contributed by atoms with van der Waals surface area (Å²) in [4.78, 5) is 28.3. The average molecular weight is 312 g/mol. The van der Waals surface area contributed by atoms with Gasteiger partial charge in [0.25, 0.3) is 0 Å². The highest BCUT2D eigenvalue weighted by Crippen LogP contribution is 2.17. The van der Waals surface area contributed by atoms with Crippen molar-refractivity contribution < 1.29 is 9.59 Å². The summed E-state index contributed by atoms with van der Waals surface area (Å²) in [6, 6.07) is 0. The third-order valence-corrected chi connectivity index (χ3v) is 4.25. The molecule has 0 radical (unpaired) electrons. The highest BCUT2D eigenvalue weighted by atomic mass is 16.2. The molecule has 0 rings (SSSR count). The number of rotatable bonds is 11. The molecule has 0 spiro atoms. The first kappa shape index (κ1) is 20.9. The number of hydrogen-bond acceptors (Lipinski definition) is 2. The molecule has 0 aromatic carbocycles. The first-order valence-corrected chi connectivity index (χ1v) is 8.88. The van der Waals surface area contributed by atoms with Gasteiger partial charge in [-0.1, -0.05) is 40.5 Å². The van der Waals surface area contributed by atoms with Crippen molar-refractivity contribution in [3.8, 4) is 0 Å². The molecule has 0 N–H and O–H groups in total. The van der Waals surface area contributed by atoms with Gasteiger partial charge in [0, 0.05) is 39.0 Å². The Labute approximate surface area is 137 Å². The van der Waals surface area contributed by atoms with Crippen LogP contribution in [0.4, 0.5) is 0 Å². The normalized spacial score (nSPS) is 12.3. The Kier molecular flexibility index (Phi) is 10.9. The van der Waals surface area contributed by atoms with Crippen LogP contribution in [0.25, 0.3) is 0 Å². The molecule has 0 bridgehead atoms. The molecule has 0 saturated heterocycles. The van der Waals surface area contributed by atoms with Gasteiger partial charge >= 0.3 is 0 Å². The Morgan fingerprint density at radius 2 is 1.27 bits per heavy atom. The van der Waals surface area contributed by atoms with Crippen LogP contribution < -0.4 is 0 Å². The summed E-state index contributed by atoms with van der Waals surface area (Å²) in [5, 5.41) is 0. The Morgan fingerprint density at radius 3 is 1.73 bits per heavy atom. The van der Waals surface area contributed by atoms with Gasteiger partial charge < -0.3 is 9.80 Å². The van der Waals surface area contributed by atoms with E-state index in [2.05, 4.69) is 20.8 Å². The largest absolute Gasteiger partial charge is 0.346 e. The van der Waals surface area contributed by atoms with Crippen molar-refractivity contribution in [1.82, 2.24) is 9.80 Å². The van der Waals surface area contributed by atoms with Crippen LogP contribution in [0, 0.1) is 11.8 Å².